The van der Waals surface area contributed by atoms with Crippen molar-refractivity contribution in [3.05, 3.63) is 0 Å². The largest absolute Gasteiger partial charge is 0.378 e. The van der Waals surface area contributed by atoms with Crippen molar-refractivity contribution in [2.75, 3.05) is 7.11 Å². The lowest BCUT2D eigenvalue weighted by molar-refractivity contribution is -0.182. The molecule has 1 fully saturated rings. The molecule has 17 heavy (non-hydrogen) atoms. The molecule has 1 aliphatic rings. The highest BCUT2D eigenvalue weighted by Gasteiger charge is 2.58. The molecule has 0 aromatic heterocycles. The van der Waals surface area contributed by atoms with E-state index in [-0.39, 0.29) is 28.9 Å². The van der Waals surface area contributed by atoms with Gasteiger partial charge in [0.15, 0.2) is 0 Å². The molecule has 1 amide bonds. The first-order chi connectivity index (χ1) is 7.65. The third kappa shape index (κ3) is 2.33. The maximum Gasteiger partial charge on any atom is 0.237 e. The van der Waals surface area contributed by atoms with E-state index < -0.39 is 6.04 Å². The van der Waals surface area contributed by atoms with Crippen LogP contribution in [0.25, 0.3) is 0 Å². The number of rotatable bonds is 4. The van der Waals surface area contributed by atoms with Crippen molar-refractivity contribution >= 4 is 5.91 Å². The lowest BCUT2D eigenvalue weighted by atomic mass is 9.55. The molecule has 2 unspecified atom stereocenters. The zero-order valence-electron chi connectivity index (χ0n) is 11.8. The maximum absolute atomic E-state index is 11.9. The van der Waals surface area contributed by atoms with Crippen LogP contribution < -0.4 is 11.1 Å². The van der Waals surface area contributed by atoms with Crippen LogP contribution in [0.15, 0.2) is 0 Å². The number of ether oxygens (including phenoxy) is 1. The summed E-state index contributed by atoms with van der Waals surface area (Å²) in [5.74, 6) is 0.100. The van der Waals surface area contributed by atoms with E-state index in [0.717, 1.165) is 6.42 Å². The van der Waals surface area contributed by atoms with Crippen LogP contribution in [0.3, 0.4) is 0 Å². The van der Waals surface area contributed by atoms with Gasteiger partial charge in [0.25, 0.3) is 0 Å². The van der Waals surface area contributed by atoms with Crippen LogP contribution in [0.2, 0.25) is 0 Å². The highest BCUT2D eigenvalue weighted by Crippen LogP contribution is 2.51. The van der Waals surface area contributed by atoms with Gasteiger partial charge < -0.3 is 15.8 Å². The van der Waals surface area contributed by atoms with Crippen molar-refractivity contribution in [2.24, 2.45) is 17.1 Å². The molecule has 0 aromatic carbocycles. The Bertz CT molecular complexity index is 302. The molecule has 1 saturated carbocycles. The van der Waals surface area contributed by atoms with Gasteiger partial charge in [-0.25, -0.2) is 0 Å². The molecule has 0 aliphatic heterocycles. The van der Waals surface area contributed by atoms with Gasteiger partial charge in [0.05, 0.1) is 11.6 Å². The van der Waals surface area contributed by atoms with Gasteiger partial charge in [0.1, 0.15) is 0 Å². The highest BCUT2D eigenvalue weighted by molar-refractivity contribution is 5.82. The molecule has 3 atom stereocenters. The normalized spacial score (nSPS) is 33.1. The molecule has 4 heteroatoms. The molecule has 3 N–H and O–H groups in total. The first-order valence-corrected chi connectivity index (χ1v) is 6.27. The Labute approximate surface area is 104 Å². The molecule has 0 aromatic rings. The van der Waals surface area contributed by atoms with Gasteiger partial charge in [0.2, 0.25) is 5.91 Å². The average Bonchev–Trinajstić information content (AvgIpc) is 2.26. The SMILES string of the molecule is COC1(C)CC(NC(=O)[C@@H](N)C(C)C)C1(C)C. The minimum atomic E-state index is -0.430. The van der Waals surface area contributed by atoms with Crippen LogP contribution >= 0.6 is 0 Å². The Morgan fingerprint density at radius 2 is 1.94 bits per heavy atom. The average molecular weight is 242 g/mol. The van der Waals surface area contributed by atoms with Crippen LogP contribution in [0.1, 0.15) is 41.0 Å². The van der Waals surface area contributed by atoms with E-state index in [9.17, 15) is 4.79 Å². The molecule has 0 spiro atoms. The molecule has 100 valence electrons. The number of nitrogens with two attached hydrogens (primary N) is 1. The molecule has 1 aliphatic carbocycles. The minimum Gasteiger partial charge on any atom is -0.378 e. The minimum absolute atomic E-state index is 0.0590. The summed E-state index contributed by atoms with van der Waals surface area (Å²) in [6, 6.07) is -0.287. The smallest absolute Gasteiger partial charge is 0.237 e. The van der Waals surface area contributed by atoms with Crippen LogP contribution in [0, 0.1) is 11.3 Å². The van der Waals surface area contributed by atoms with Gasteiger partial charge in [-0.1, -0.05) is 27.7 Å². The summed E-state index contributed by atoms with van der Waals surface area (Å²) >= 11 is 0. The van der Waals surface area contributed by atoms with Gasteiger partial charge in [-0.2, -0.15) is 0 Å². The van der Waals surface area contributed by atoms with Crippen molar-refractivity contribution in [2.45, 2.75) is 58.7 Å². The van der Waals surface area contributed by atoms with Gasteiger partial charge >= 0.3 is 0 Å². The summed E-state index contributed by atoms with van der Waals surface area (Å²) in [5.41, 5.74) is 5.61. The van der Waals surface area contributed by atoms with E-state index in [1.807, 2.05) is 13.8 Å². The third-order valence-corrected chi connectivity index (χ3v) is 4.62. The van der Waals surface area contributed by atoms with Crippen molar-refractivity contribution in [3.63, 3.8) is 0 Å². The Morgan fingerprint density at radius 3 is 2.29 bits per heavy atom. The summed E-state index contributed by atoms with van der Waals surface area (Å²) in [4.78, 5) is 11.9. The fourth-order valence-electron chi connectivity index (χ4n) is 2.29. The topological polar surface area (TPSA) is 64.3 Å². The van der Waals surface area contributed by atoms with Crippen molar-refractivity contribution in [1.82, 2.24) is 5.32 Å². The molecule has 0 saturated heterocycles. The van der Waals surface area contributed by atoms with Gasteiger partial charge in [0, 0.05) is 18.6 Å². The van der Waals surface area contributed by atoms with Crippen LogP contribution in [-0.4, -0.2) is 30.7 Å². The van der Waals surface area contributed by atoms with Gasteiger partial charge in [-0.3, -0.25) is 4.79 Å². The van der Waals surface area contributed by atoms with Gasteiger partial charge in [-0.15, -0.1) is 0 Å². The molecular weight excluding hydrogens is 216 g/mol. The Kier molecular flexibility index (Phi) is 3.89. The zero-order chi connectivity index (χ0) is 13.4. The van der Waals surface area contributed by atoms with E-state index in [1.54, 1.807) is 7.11 Å². The lowest BCUT2D eigenvalue weighted by Gasteiger charge is -2.59. The monoisotopic (exact) mass is 242 g/mol. The molecule has 1 rings (SSSR count). The Hall–Kier alpha value is -0.610. The van der Waals surface area contributed by atoms with E-state index >= 15 is 0 Å². The van der Waals surface area contributed by atoms with E-state index in [1.165, 1.54) is 0 Å². The molecule has 0 bridgehead atoms. The molecule has 4 nitrogen and oxygen atoms in total. The van der Waals surface area contributed by atoms with E-state index in [2.05, 4.69) is 26.1 Å². The number of carbonyl (C=O) groups is 1. The number of amides is 1. The number of nitrogens with one attached hydrogen (secondary N) is 1. The summed E-state index contributed by atoms with van der Waals surface area (Å²) in [6.07, 6.45) is 0.840. The number of hydrogen-bond donors (Lipinski definition) is 2. The van der Waals surface area contributed by atoms with Crippen molar-refractivity contribution in [1.29, 1.82) is 0 Å². The second-order valence-corrected chi connectivity index (χ2v) is 6.19. The van der Waals surface area contributed by atoms with Crippen LogP contribution in [0.5, 0.6) is 0 Å². The lowest BCUT2D eigenvalue weighted by Crippen LogP contribution is -2.69. The predicted octanol–water partition coefficient (Wildman–Crippen LogP) is 1.29. The fourth-order valence-corrected chi connectivity index (χ4v) is 2.29. The first kappa shape index (κ1) is 14.5. The zero-order valence-corrected chi connectivity index (χ0v) is 11.8. The second-order valence-electron chi connectivity index (χ2n) is 6.19. The third-order valence-electron chi connectivity index (χ3n) is 4.62. The summed E-state index contributed by atoms with van der Waals surface area (Å²) in [6.45, 7) is 10.2. The molecule has 0 radical (unpaired) electrons. The number of carbonyl (C=O) groups excluding carboxylic acids is 1. The molecular formula is C13H26N2O2. The highest BCUT2D eigenvalue weighted by atomic mass is 16.5. The molecule has 0 heterocycles. The summed E-state index contributed by atoms with van der Waals surface area (Å²) in [5, 5.41) is 3.03. The first-order valence-electron chi connectivity index (χ1n) is 6.27. The van der Waals surface area contributed by atoms with Crippen molar-refractivity contribution in [3.8, 4) is 0 Å². The predicted molar refractivity (Wildman–Crippen MR) is 68.6 cm³/mol. The maximum atomic E-state index is 11.9. The summed E-state index contributed by atoms with van der Waals surface area (Å²) in [7, 11) is 1.72. The van der Waals surface area contributed by atoms with Crippen LogP contribution in [-0.2, 0) is 9.53 Å². The van der Waals surface area contributed by atoms with E-state index in [4.69, 9.17) is 10.5 Å². The number of hydrogen-bond acceptors (Lipinski definition) is 3. The Balaban J connectivity index is 2.60. The second kappa shape index (κ2) is 4.58. The number of methoxy groups -OCH3 is 1. The van der Waals surface area contributed by atoms with E-state index in [0.29, 0.717) is 0 Å². The quantitative estimate of drug-likeness (QED) is 0.781. The fraction of sp³-hybridized carbons (Fsp3) is 0.923. The standard InChI is InChI=1S/C13H26N2O2/c1-8(2)10(14)11(16)15-9-7-13(5,17-6)12(9,3)4/h8-10H,7,14H2,1-6H3,(H,15,16)/t9?,10-,13?/m0/s1. The van der Waals surface area contributed by atoms with Crippen LogP contribution in [0.4, 0.5) is 0 Å². The Morgan fingerprint density at radius 1 is 1.41 bits per heavy atom. The van der Waals surface area contributed by atoms with Crippen molar-refractivity contribution < 1.29 is 9.53 Å². The van der Waals surface area contributed by atoms with Gasteiger partial charge in [-0.05, 0) is 19.3 Å². The summed E-state index contributed by atoms with van der Waals surface area (Å²) < 4.78 is 5.53.